The topological polar surface area (TPSA) is 61.4 Å². The van der Waals surface area contributed by atoms with E-state index in [0.717, 1.165) is 12.1 Å². The van der Waals surface area contributed by atoms with Crippen LogP contribution in [-0.4, -0.2) is 37.4 Å². The fraction of sp³-hybridized carbons (Fsp3) is 0.222. The maximum atomic E-state index is 13.1. The van der Waals surface area contributed by atoms with E-state index in [0.29, 0.717) is 11.3 Å². The predicted octanol–water partition coefficient (Wildman–Crippen LogP) is 4.11. The molecular formula is C18H17ClF3N3O2. The summed E-state index contributed by atoms with van der Waals surface area (Å²) in [5.41, 5.74) is -0.496. The van der Waals surface area contributed by atoms with Crippen molar-refractivity contribution in [3.63, 3.8) is 0 Å². The Hall–Kier alpha value is -2.74. The van der Waals surface area contributed by atoms with Crippen LogP contribution in [0.25, 0.3) is 0 Å². The van der Waals surface area contributed by atoms with Crippen molar-refractivity contribution in [1.29, 1.82) is 0 Å². The van der Waals surface area contributed by atoms with Crippen LogP contribution in [0, 0.1) is 0 Å². The molecule has 27 heavy (non-hydrogen) atoms. The largest absolute Gasteiger partial charge is 0.418 e. The Morgan fingerprint density at radius 1 is 1.11 bits per heavy atom. The molecule has 2 amide bonds. The highest BCUT2D eigenvalue weighted by molar-refractivity contribution is 6.30. The van der Waals surface area contributed by atoms with E-state index in [1.165, 1.54) is 11.0 Å². The van der Waals surface area contributed by atoms with Gasteiger partial charge in [-0.3, -0.25) is 9.59 Å². The van der Waals surface area contributed by atoms with Gasteiger partial charge in [0, 0.05) is 30.4 Å². The number of carbonyl (C=O) groups excluding carboxylic acids is 2. The molecule has 144 valence electrons. The molecule has 0 unspecified atom stereocenters. The summed E-state index contributed by atoms with van der Waals surface area (Å²) in [6.07, 6.45) is -4.65. The summed E-state index contributed by atoms with van der Waals surface area (Å²) in [7, 11) is 3.22. The Morgan fingerprint density at radius 2 is 1.81 bits per heavy atom. The van der Waals surface area contributed by atoms with Gasteiger partial charge in [-0.15, -0.1) is 0 Å². The molecule has 2 N–H and O–H groups in total. The molecule has 9 heteroatoms. The van der Waals surface area contributed by atoms with Crippen LogP contribution in [-0.2, 0) is 11.0 Å². The first-order valence-corrected chi connectivity index (χ1v) is 8.18. The van der Waals surface area contributed by atoms with Crippen molar-refractivity contribution in [3.8, 4) is 0 Å². The lowest BCUT2D eigenvalue weighted by atomic mass is 10.1. The molecule has 0 aliphatic carbocycles. The third-order valence-electron chi connectivity index (χ3n) is 3.53. The van der Waals surface area contributed by atoms with Gasteiger partial charge in [-0.2, -0.15) is 13.2 Å². The molecule has 0 aliphatic rings. The van der Waals surface area contributed by atoms with E-state index < -0.39 is 17.6 Å². The number of alkyl halides is 3. The molecule has 0 radical (unpaired) electrons. The van der Waals surface area contributed by atoms with Crippen molar-refractivity contribution < 1.29 is 22.8 Å². The molecule has 2 aromatic rings. The van der Waals surface area contributed by atoms with Gasteiger partial charge in [-0.1, -0.05) is 17.7 Å². The summed E-state index contributed by atoms with van der Waals surface area (Å²) in [5, 5.41) is 4.91. The third-order valence-corrected chi connectivity index (χ3v) is 3.76. The number of rotatable bonds is 5. The fourth-order valence-electron chi connectivity index (χ4n) is 2.26. The molecule has 5 nitrogen and oxygen atoms in total. The first-order chi connectivity index (χ1) is 12.6. The van der Waals surface area contributed by atoms with Gasteiger partial charge in [-0.05, 0) is 36.4 Å². The summed E-state index contributed by atoms with van der Waals surface area (Å²) in [4.78, 5) is 25.4. The van der Waals surface area contributed by atoms with Crippen molar-refractivity contribution in [2.75, 3.05) is 31.3 Å². The molecule has 0 bridgehead atoms. The SMILES string of the molecule is CN(C)C(=O)c1cccc(NCC(=O)Nc2ccc(Cl)cc2C(F)(F)F)c1. The van der Waals surface area contributed by atoms with Crippen molar-refractivity contribution in [2.24, 2.45) is 0 Å². The molecule has 2 aromatic carbocycles. The maximum Gasteiger partial charge on any atom is 0.418 e. The Labute approximate surface area is 159 Å². The average molecular weight is 400 g/mol. The number of nitrogens with zero attached hydrogens (tertiary/aromatic N) is 1. The Bertz CT molecular complexity index is 854. The van der Waals surface area contributed by atoms with Gasteiger partial charge in [0.2, 0.25) is 5.91 Å². The van der Waals surface area contributed by atoms with Crippen LogP contribution in [0.5, 0.6) is 0 Å². The summed E-state index contributed by atoms with van der Waals surface area (Å²) in [6, 6.07) is 9.56. The van der Waals surface area contributed by atoms with E-state index in [1.807, 2.05) is 0 Å². The van der Waals surface area contributed by atoms with E-state index in [1.54, 1.807) is 38.4 Å². The molecule has 2 rings (SSSR count). The average Bonchev–Trinajstić information content (AvgIpc) is 2.60. The second-order valence-electron chi connectivity index (χ2n) is 5.87. The van der Waals surface area contributed by atoms with Gasteiger partial charge < -0.3 is 15.5 Å². The van der Waals surface area contributed by atoms with Crippen LogP contribution in [0.4, 0.5) is 24.5 Å². The first kappa shape index (κ1) is 20.6. The minimum atomic E-state index is -4.65. The lowest BCUT2D eigenvalue weighted by Crippen LogP contribution is -2.24. The van der Waals surface area contributed by atoms with Gasteiger partial charge in [0.15, 0.2) is 0 Å². The van der Waals surface area contributed by atoms with Gasteiger partial charge in [0.1, 0.15) is 0 Å². The second-order valence-corrected chi connectivity index (χ2v) is 6.31. The standard InChI is InChI=1S/C18H17ClF3N3O2/c1-25(2)17(27)11-4-3-5-13(8-11)23-10-16(26)24-15-7-6-12(19)9-14(15)18(20,21)22/h3-9,23H,10H2,1-2H3,(H,24,26). The maximum absolute atomic E-state index is 13.1. The van der Waals surface area contributed by atoms with E-state index in [9.17, 15) is 22.8 Å². The molecular weight excluding hydrogens is 383 g/mol. The van der Waals surface area contributed by atoms with Gasteiger partial charge in [0.05, 0.1) is 17.8 Å². The van der Waals surface area contributed by atoms with Gasteiger partial charge in [-0.25, -0.2) is 0 Å². The zero-order valence-corrected chi connectivity index (χ0v) is 15.3. The van der Waals surface area contributed by atoms with E-state index >= 15 is 0 Å². The highest BCUT2D eigenvalue weighted by Gasteiger charge is 2.34. The van der Waals surface area contributed by atoms with Crippen LogP contribution >= 0.6 is 11.6 Å². The normalized spacial score (nSPS) is 11.0. The molecule has 0 atom stereocenters. The summed E-state index contributed by atoms with van der Waals surface area (Å²) in [5.74, 6) is -0.883. The number of nitrogens with one attached hydrogen (secondary N) is 2. The van der Waals surface area contributed by atoms with E-state index in [4.69, 9.17) is 11.6 Å². The summed E-state index contributed by atoms with van der Waals surface area (Å²) in [6.45, 7) is -0.278. The number of carbonyl (C=O) groups is 2. The lowest BCUT2D eigenvalue weighted by Gasteiger charge is -2.15. The quantitative estimate of drug-likeness (QED) is 0.795. The molecule has 0 saturated carbocycles. The zero-order valence-electron chi connectivity index (χ0n) is 14.5. The molecule has 0 spiro atoms. The number of amides is 2. The molecule has 0 heterocycles. The minimum Gasteiger partial charge on any atom is -0.376 e. The zero-order chi connectivity index (χ0) is 20.2. The molecule has 0 aliphatic heterocycles. The highest BCUT2D eigenvalue weighted by Crippen LogP contribution is 2.36. The second kappa shape index (κ2) is 8.30. The van der Waals surface area contributed by atoms with E-state index in [-0.39, 0.29) is 23.2 Å². The summed E-state index contributed by atoms with van der Waals surface area (Å²) >= 11 is 5.61. The van der Waals surface area contributed by atoms with Crippen LogP contribution in [0.2, 0.25) is 5.02 Å². The van der Waals surface area contributed by atoms with Crippen LogP contribution in [0.3, 0.4) is 0 Å². The van der Waals surface area contributed by atoms with Crippen molar-refractivity contribution in [2.45, 2.75) is 6.18 Å². The Morgan fingerprint density at radius 3 is 2.44 bits per heavy atom. The van der Waals surface area contributed by atoms with Crippen molar-refractivity contribution in [1.82, 2.24) is 4.90 Å². The first-order valence-electron chi connectivity index (χ1n) is 7.80. The fourth-order valence-corrected chi connectivity index (χ4v) is 2.43. The number of hydrogen-bond donors (Lipinski definition) is 2. The Balaban J connectivity index is 2.06. The smallest absolute Gasteiger partial charge is 0.376 e. The molecule has 0 saturated heterocycles. The highest BCUT2D eigenvalue weighted by atomic mass is 35.5. The minimum absolute atomic E-state index is 0.0826. The predicted molar refractivity (Wildman–Crippen MR) is 98.0 cm³/mol. The number of benzene rings is 2. The number of anilines is 2. The van der Waals surface area contributed by atoms with Crippen LogP contribution in [0.1, 0.15) is 15.9 Å². The van der Waals surface area contributed by atoms with Crippen LogP contribution < -0.4 is 10.6 Å². The van der Waals surface area contributed by atoms with Crippen LogP contribution in [0.15, 0.2) is 42.5 Å². The number of hydrogen-bond acceptors (Lipinski definition) is 3. The monoisotopic (exact) mass is 399 g/mol. The Kier molecular flexibility index (Phi) is 6.32. The van der Waals surface area contributed by atoms with Crippen molar-refractivity contribution in [3.05, 3.63) is 58.6 Å². The molecule has 0 aromatic heterocycles. The molecule has 0 fully saturated rings. The van der Waals surface area contributed by atoms with Crippen molar-refractivity contribution >= 4 is 34.8 Å². The summed E-state index contributed by atoms with van der Waals surface area (Å²) < 4.78 is 39.2. The third kappa shape index (κ3) is 5.62. The van der Waals surface area contributed by atoms with Gasteiger partial charge >= 0.3 is 6.18 Å². The number of halogens is 4. The van der Waals surface area contributed by atoms with Gasteiger partial charge in [0.25, 0.3) is 5.91 Å². The van der Waals surface area contributed by atoms with E-state index in [2.05, 4.69) is 10.6 Å². The lowest BCUT2D eigenvalue weighted by molar-refractivity contribution is -0.137.